The second kappa shape index (κ2) is 9.94. The van der Waals surface area contributed by atoms with Crippen molar-refractivity contribution in [2.75, 3.05) is 20.3 Å². The highest BCUT2D eigenvalue weighted by Crippen LogP contribution is 2.31. The second-order valence-corrected chi connectivity index (χ2v) is 8.81. The van der Waals surface area contributed by atoms with Gasteiger partial charge in [0.15, 0.2) is 11.5 Å². The molecule has 1 amide bonds. The van der Waals surface area contributed by atoms with E-state index in [4.69, 9.17) is 14.2 Å². The van der Waals surface area contributed by atoms with Crippen LogP contribution in [0, 0.1) is 6.92 Å². The number of benzene rings is 1. The zero-order chi connectivity index (χ0) is 21.6. The molecule has 1 aliphatic rings. The summed E-state index contributed by atoms with van der Waals surface area (Å²) < 4.78 is 17.0. The molecule has 1 aliphatic heterocycles. The van der Waals surface area contributed by atoms with Crippen LogP contribution in [-0.2, 0) is 17.8 Å². The molecule has 1 fully saturated rings. The third-order valence-electron chi connectivity index (χ3n) is 5.12. The summed E-state index contributed by atoms with van der Waals surface area (Å²) in [4.78, 5) is 21.1. The summed E-state index contributed by atoms with van der Waals surface area (Å²) in [5.41, 5.74) is 1.95. The summed E-state index contributed by atoms with van der Waals surface area (Å²) in [5, 5.41) is 0. The number of rotatable bonds is 8. The molecule has 31 heavy (non-hydrogen) atoms. The smallest absolute Gasteiger partial charge is 0.264 e. The fourth-order valence-electron chi connectivity index (χ4n) is 3.53. The molecule has 0 unspecified atom stereocenters. The van der Waals surface area contributed by atoms with Crippen LogP contribution in [0.4, 0.5) is 0 Å². The van der Waals surface area contributed by atoms with Crippen molar-refractivity contribution in [1.82, 2.24) is 9.88 Å². The number of amides is 1. The van der Waals surface area contributed by atoms with Crippen molar-refractivity contribution >= 4 is 17.2 Å². The number of thiophene rings is 1. The molecule has 0 aliphatic carbocycles. The van der Waals surface area contributed by atoms with Crippen LogP contribution in [0.2, 0.25) is 0 Å². The van der Waals surface area contributed by atoms with Crippen molar-refractivity contribution in [3.8, 4) is 11.5 Å². The van der Waals surface area contributed by atoms with Gasteiger partial charge in [-0.1, -0.05) is 12.1 Å². The molecular weight excluding hydrogens is 412 g/mol. The second-order valence-electron chi connectivity index (χ2n) is 7.52. The SMILES string of the molecule is COc1cc(CN(Cc2cccnc2)C(=O)c2ccc(C)s2)ccc1O[C@@H]1CCOC1. The van der Waals surface area contributed by atoms with E-state index in [1.54, 1.807) is 19.5 Å². The maximum Gasteiger partial charge on any atom is 0.264 e. The van der Waals surface area contributed by atoms with E-state index < -0.39 is 0 Å². The lowest BCUT2D eigenvalue weighted by atomic mass is 10.1. The van der Waals surface area contributed by atoms with Gasteiger partial charge in [-0.15, -0.1) is 11.3 Å². The number of hydrogen-bond donors (Lipinski definition) is 0. The van der Waals surface area contributed by atoms with Crippen LogP contribution in [0.25, 0.3) is 0 Å². The van der Waals surface area contributed by atoms with Crippen LogP contribution in [0.15, 0.2) is 54.9 Å². The van der Waals surface area contributed by atoms with E-state index in [0.29, 0.717) is 31.2 Å². The Labute approximate surface area is 186 Å². The first-order chi connectivity index (χ1) is 15.1. The van der Waals surface area contributed by atoms with Crippen molar-refractivity contribution in [2.24, 2.45) is 0 Å². The fraction of sp³-hybridized carbons (Fsp3) is 0.333. The van der Waals surface area contributed by atoms with Crippen LogP contribution in [-0.4, -0.2) is 42.2 Å². The van der Waals surface area contributed by atoms with Crippen molar-refractivity contribution in [2.45, 2.75) is 32.5 Å². The molecule has 0 saturated carbocycles. The number of methoxy groups -OCH3 is 1. The van der Waals surface area contributed by atoms with Crippen molar-refractivity contribution < 1.29 is 19.0 Å². The first kappa shape index (κ1) is 21.3. The molecule has 3 aromatic rings. The summed E-state index contributed by atoms with van der Waals surface area (Å²) in [6.45, 7) is 4.25. The minimum Gasteiger partial charge on any atom is -0.493 e. The van der Waals surface area contributed by atoms with E-state index in [2.05, 4.69) is 4.98 Å². The van der Waals surface area contributed by atoms with Gasteiger partial charge >= 0.3 is 0 Å². The molecule has 6 nitrogen and oxygen atoms in total. The Bertz CT molecular complexity index is 1020. The van der Waals surface area contributed by atoms with E-state index in [-0.39, 0.29) is 12.0 Å². The molecule has 4 rings (SSSR count). The first-order valence-corrected chi connectivity index (χ1v) is 11.1. The lowest BCUT2D eigenvalue weighted by Crippen LogP contribution is -2.29. The van der Waals surface area contributed by atoms with Crippen molar-refractivity contribution in [1.29, 1.82) is 0 Å². The number of aryl methyl sites for hydroxylation is 1. The Kier molecular flexibility index (Phi) is 6.84. The lowest BCUT2D eigenvalue weighted by Gasteiger charge is -2.23. The Morgan fingerprint density at radius 1 is 1.19 bits per heavy atom. The molecule has 0 spiro atoms. The number of carbonyl (C=O) groups excluding carboxylic acids is 1. The van der Waals surface area contributed by atoms with E-state index in [9.17, 15) is 4.79 Å². The van der Waals surface area contributed by atoms with E-state index in [1.807, 2.05) is 54.3 Å². The molecule has 0 radical (unpaired) electrons. The zero-order valence-corrected chi connectivity index (χ0v) is 18.6. The highest BCUT2D eigenvalue weighted by molar-refractivity contribution is 7.13. The van der Waals surface area contributed by atoms with Gasteiger partial charge in [0.1, 0.15) is 6.10 Å². The van der Waals surface area contributed by atoms with Gasteiger partial charge in [0.2, 0.25) is 0 Å². The molecular formula is C24H26N2O4S. The summed E-state index contributed by atoms with van der Waals surface area (Å²) in [7, 11) is 1.63. The molecule has 7 heteroatoms. The average Bonchev–Trinajstić information content (AvgIpc) is 3.46. The first-order valence-electron chi connectivity index (χ1n) is 10.3. The topological polar surface area (TPSA) is 60.9 Å². The standard InChI is InChI=1S/C24H26N2O4S/c1-17-5-8-23(31-17)24(27)26(15-19-4-3-10-25-13-19)14-18-6-7-21(22(12-18)28-2)30-20-9-11-29-16-20/h3-8,10,12-13,20H,9,11,14-16H2,1-2H3/t20-/m1/s1. The van der Waals surface area contributed by atoms with Gasteiger partial charge in [-0.05, 0) is 48.4 Å². The van der Waals surface area contributed by atoms with Crippen LogP contribution < -0.4 is 9.47 Å². The number of aromatic nitrogens is 1. The molecule has 0 bridgehead atoms. The maximum absolute atomic E-state index is 13.3. The number of nitrogens with zero attached hydrogens (tertiary/aromatic N) is 2. The van der Waals surface area contributed by atoms with Crippen LogP contribution >= 0.6 is 11.3 Å². The predicted molar refractivity (Wildman–Crippen MR) is 120 cm³/mol. The lowest BCUT2D eigenvalue weighted by molar-refractivity contribution is 0.0734. The number of hydrogen-bond acceptors (Lipinski definition) is 6. The van der Waals surface area contributed by atoms with Gasteiger partial charge in [-0.2, -0.15) is 0 Å². The summed E-state index contributed by atoms with van der Waals surface area (Å²) in [5.74, 6) is 1.36. The third-order valence-corrected chi connectivity index (χ3v) is 6.11. The molecule has 1 aromatic carbocycles. The Hall–Kier alpha value is -2.90. The molecule has 3 heterocycles. The maximum atomic E-state index is 13.3. The van der Waals surface area contributed by atoms with Crippen molar-refractivity contribution in [3.05, 3.63) is 75.7 Å². The molecule has 2 aromatic heterocycles. The van der Waals surface area contributed by atoms with Crippen molar-refractivity contribution in [3.63, 3.8) is 0 Å². The van der Waals surface area contributed by atoms with E-state index in [0.717, 1.165) is 33.9 Å². The normalized spacial score (nSPS) is 15.6. The predicted octanol–water partition coefficient (Wildman–Crippen LogP) is 4.47. The highest BCUT2D eigenvalue weighted by Gasteiger charge is 2.21. The van der Waals surface area contributed by atoms with E-state index in [1.165, 1.54) is 11.3 Å². The van der Waals surface area contributed by atoms with Gasteiger partial charge in [-0.25, -0.2) is 0 Å². The average molecular weight is 439 g/mol. The minimum absolute atomic E-state index is 0.00403. The summed E-state index contributed by atoms with van der Waals surface area (Å²) >= 11 is 1.51. The zero-order valence-electron chi connectivity index (χ0n) is 17.7. The Morgan fingerprint density at radius 2 is 2.06 bits per heavy atom. The van der Waals surface area contributed by atoms with Gasteiger partial charge in [0.05, 0.1) is 25.2 Å². The molecule has 0 N–H and O–H groups in total. The van der Waals surface area contributed by atoms with Gasteiger partial charge in [0, 0.05) is 36.8 Å². The number of pyridine rings is 1. The molecule has 1 atom stereocenters. The van der Waals surface area contributed by atoms with Crippen LogP contribution in [0.3, 0.4) is 0 Å². The van der Waals surface area contributed by atoms with Crippen LogP contribution in [0.5, 0.6) is 11.5 Å². The highest BCUT2D eigenvalue weighted by atomic mass is 32.1. The quantitative estimate of drug-likeness (QED) is 0.519. The largest absolute Gasteiger partial charge is 0.493 e. The fourth-order valence-corrected chi connectivity index (χ4v) is 4.37. The van der Waals surface area contributed by atoms with Gasteiger partial charge in [-0.3, -0.25) is 9.78 Å². The van der Waals surface area contributed by atoms with Gasteiger partial charge in [0.25, 0.3) is 5.91 Å². The summed E-state index contributed by atoms with van der Waals surface area (Å²) in [6.07, 6.45) is 4.45. The number of ether oxygens (including phenoxy) is 3. The van der Waals surface area contributed by atoms with Crippen LogP contribution in [0.1, 0.15) is 32.1 Å². The molecule has 1 saturated heterocycles. The Morgan fingerprint density at radius 3 is 2.74 bits per heavy atom. The van der Waals surface area contributed by atoms with E-state index >= 15 is 0 Å². The summed E-state index contributed by atoms with van der Waals surface area (Å²) in [6, 6.07) is 13.6. The van der Waals surface area contributed by atoms with Gasteiger partial charge < -0.3 is 19.1 Å². The minimum atomic E-state index is 0.00403. The third kappa shape index (κ3) is 5.42. The Balaban J connectivity index is 1.55. The molecule has 162 valence electrons. The monoisotopic (exact) mass is 438 g/mol. The number of carbonyl (C=O) groups is 1.